The molecule has 152 valence electrons. The van der Waals surface area contributed by atoms with Gasteiger partial charge in [0.05, 0.1) is 5.75 Å². The van der Waals surface area contributed by atoms with Crippen molar-refractivity contribution in [1.82, 2.24) is 4.57 Å². The molecule has 5 nitrogen and oxygen atoms in total. The average Bonchev–Trinajstić information content (AvgIpc) is 2.65. The summed E-state index contributed by atoms with van der Waals surface area (Å²) in [6.45, 7) is -2.70. The van der Waals surface area contributed by atoms with Gasteiger partial charge in [-0.25, -0.2) is 17.2 Å². The molecule has 0 fully saturated rings. The number of nitrogens with zero attached hydrogens (tertiary/aromatic N) is 1. The van der Waals surface area contributed by atoms with Crippen molar-refractivity contribution < 1.29 is 26.0 Å². The van der Waals surface area contributed by atoms with Crippen LogP contribution < -0.4 is 10.3 Å². The largest absolute Gasteiger partial charge is 0.454 e. The number of aryl methyl sites for hydroxylation is 2. The zero-order chi connectivity index (χ0) is 23.8. The molecule has 0 atom stereocenters. The summed E-state index contributed by atoms with van der Waals surface area (Å²) in [5.41, 5.74) is -0.307. The Hall–Kier alpha value is -3.00. The maximum Gasteiger partial charge on any atom is 0.253 e. The van der Waals surface area contributed by atoms with E-state index in [2.05, 4.69) is 0 Å². The van der Waals surface area contributed by atoms with Crippen LogP contribution in [0.25, 0.3) is 11.1 Å². The van der Waals surface area contributed by atoms with Crippen molar-refractivity contribution in [1.29, 1.82) is 0 Å². The number of halogens is 2. The van der Waals surface area contributed by atoms with Crippen LogP contribution in [0.5, 0.6) is 11.5 Å². The number of hydrogen-bond donors (Lipinski definition) is 0. The van der Waals surface area contributed by atoms with E-state index in [1.165, 1.54) is 37.5 Å². The lowest BCUT2D eigenvalue weighted by molar-refractivity contribution is 0.439. The molecule has 0 aliphatic heterocycles. The third-order valence-electron chi connectivity index (χ3n) is 4.08. The van der Waals surface area contributed by atoms with Crippen LogP contribution in [0.4, 0.5) is 8.78 Å². The molecule has 0 spiro atoms. The van der Waals surface area contributed by atoms with Gasteiger partial charge in [0, 0.05) is 46.4 Å². The van der Waals surface area contributed by atoms with Crippen molar-refractivity contribution >= 4 is 9.84 Å². The molecule has 0 saturated heterocycles. The third kappa shape index (κ3) is 4.89. The molecular formula is C21H19F2NO4S. The second kappa shape index (κ2) is 7.79. The highest BCUT2D eigenvalue weighted by molar-refractivity contribution is 7.89. The summed E-state index contributed by atoms with van der Waals surface area (Å²) in [6.07, 6.45) is 2.43. The van der Waals surface area contributed by atoms with Crippen molar-refractivity contribution in [2.24, 2.45) is 7.05 Å². The predicted molar refractivity (Wildman–Crippen MR) is 107 cm³/mol. The first kappa shape index (κ1) is 16.9. The quantitative estimate of drug-likeness (QED) is 0.624. The topological polar surface area (TPSA) is 65.4 Å². The molecule has 0 aliphatic rings. The lowest BCUT2D eigenvalue weighted by Crippen LogP contribution is -2.18. The maximum atomic E-state index is 14.1. The first-order valence-corrected chi connectivity index (χ1v) is 10.5. The average molecular weight is 422 g/mol. The van der Waals surface area contributed by atoms with Gasteiger partial charge in [-0.15, -0.1) is 0 Å². The predicted octanol–water partition coefficient (Wildman–Crippen LogP) is 3.98. The SMILES string of the molecule is [2H]C([2H])([2H])c1cc(-c2cc(CS(C)(=O)=O)ccc2Oc2ccc(F)cc2F)cn(C)c1=O. The van der Waals surface area contributed by atoms with Crippen LogP contribution in [0.1, 0.15) is 15.2 Å². The first-order valence-electron chi connectivity index (χ1n) is 9.90. The summed E-state index contributed by atoms with van der Waals surface area (Å²) in [4.78, 5) is 12.3. The summed E-state index contributed by atoms with van der Waals surface area (Å²) in [6, 6.07) is 8.24. The molecule has 1 heterocycles. The van der Waals surface area contributed by atoms with E-state index >= 15 is 0 Å². The van der Waals surface area contributed by atoms with E-state index in [1.807, 2.05) is 0 Å². The maximum absolute atomic E-state index is 14.1. The number of pyridine rings is 1. The molecule has 29 heavy (non-hydrogen) atoms. The van der Waals surface area contributed by atoms with Crippen molar-refractivity contribution in [2.45, 2.75) is 12.6 Å². The second-order valence-electron chi connectivity index (χ2n) is 6.64. The number of rotatable bonds is 5. The van der Waals surface area contributed by atoms with Gasteiger partial charge in [0.2, 0.25) is 0 Å². The molecule has 0 saturated carbocycles. The Morgan fingerprint density at radius 2 is 1.83 bits per heavy atom. The minimum atomic E-state index is -3.39. The molecule has 0 aliphatic carbocycles. The lowest BCUT2D eigenvalue weighted by Gasteiger charge is -2.15. The number of sulfone groups is 1. The second-order valence-corrected chi connectivity index (χ2v) is 8.78. The van der Waals surface area contributed by atoms with Crippen molar-refractivity contribution in [3.63, 3.8) is 0 Å². The van der Waals surface area contributed by atoms with E-state index in [0.29, 0.717) is 11.6 Å². The van der Waals surface area contributed by atoms with Gasteiger partial charge in [0.1, 0.15) is 11.6 Å². The van der Waals surface area contributed by atoms with E-state index in [4.69, 9.17) is 8.85 Å². The van der Waals surface area contributed by atoms with Crippen molar-refractivity contribution in [2.75, 3.05) is 6.26 Å². The summed E-state index contributed by atoms with van der Waals surface area (Å²) < 4.78 is 80.5. The van der Waals surface area contributed by atoms with E-state index in [9.17, 15) is 22.0 Å². The highest BCUT2D eigenvalue weighted by Crippen LogP contribution is 2.35. The normalized spacial score (nSPS) is 13.4. The molecule has 3 aromatic rings. The molecule has 8 heteroatoms. The zero-order valence-electron chi connectivity index (χ0n) is 18.6. The van der Waals surface area contributed by atoms with Gasteiger partial charge in [-0.2, -0.15) is 0 Å². The summed E-state index contributed by atoms with van der Waals surface area (Å²) >= 11 is 0. The molecule has 1 aromatic heterocycles. The molecule has 0 amide bonds. The van der Waals surface area contributed by atoms with E-state index in [0.717, 1.165) is 23.0 Å². The smallest absolute Gasteiger partial charge is 0.253 e. The fourth-order valence-corrected chi connectivity index (χ4v) is 3.60. The Labute approximate surface area is 171 Å². The summed E-state index contributed by atoms with van der Waals surface area (Å²) in [5, 5.41) is 0. The van der Waals surface area contributed by atoms with Crippen LogP contribution in [-0.2, 0) is 22.6 Å². The minimum absolute atomic E-state index is 0.0582. The molecule has 0 bridgehead atoms. The first-order chi connectivity index (χ1) is 14.7. The van der Waals surface area contributed by atoms with Crippen LogP contribution in [0, 0.1) is 18.5 Å². The van der Waals surface area contributed by atoms with Crippen molar-refractivity contribution in [3.05, 3.63) is 81.8 Å². The van der Waals surface area contributed by atoms with Crippen LogP contribution in [0.2, 0.25) is 0 Å². The Kier molecular flexibility index (Phi) is 4.54. The third-order valence-corrected chi connectivity index (χ3v) is 4.94. The highest BCUT2D eigenvalue weighted by atomic mass is 32.2. The van der Waals surface area contributed by atoms with Gasteiger partial charge < -0.3 is 9.30 Å². The molecular weight excluding hydrogens is 400 g/mol. The van der Waals surface area contributed by atoms with Gasteiger partial charge in [0.25, 0.3) is 5.56 Å². The van der Waals surface area contributed by atoms with Crippen LogP contribution >= 0.6 is 0 Å². The monoisotopic (exact) mass is 422 g/mol. The number of ether oxygens (including phenoxy) is 1. The van der Waals surface area contributed by atoms with E-state index in [1.54, 1.807) is 0 Å². The van der Waals surface area contributed by atoms with Gasteiger partial charge in [-0.1, -0.05) is 6.07 Å². The van der Waals surface area contributed by atoms with Crippen LogP contribution in [-0.4, -0.2) is 19.2 Å². The zero-order valence-corrected chi connectivity index (χ0v) is 16.4. The number of benzene rings is 2. The number of hydrogen-bond acceptors (Lipinski definition) is 4. The molecule has 2 aromatic carbocycles. The molecule has 3 rings (SSSR count). The van der Waals surface area contributed by atoms with Gasteiger partial charge in [-0.3, -0.25) is 4.79 Å². The van der Waals surface area contributed by atoms with Crippen LogP contribution in [0.3, 0.4) is 0 Å². The van der Waals surface area contributed by atoms with Crippen LogP contribution in [0.15, 0.2) is 53.5 Å². The molecule has 0 N–H and O–H groups in total. The fraction of sp³-hybridized carbons (Fsp3) is 0.190. The van der Waals surface area contributed by atoms with Crippen molar-refractivity contribution in [3.8, 4) is 22.6 Å². The molecule has 0 unspecified atom stereocenters. The molecule has 0 radical (unpaired) electrons. The minimum Gasteiger partial charge on any atom is -0.454 e. The Balaban J connectivity index is 2.22. The highest BCUT2D eigenvalue weighted by Gasteiger charge is 2.15. The van der Waals surface area contributed by atoms with E-state index < -0.39 is 39.4 Å². The fourth-order valence-electron chi connectivity index (χ4n) is 2.82. The lowest BCUT2D eigenvalue weighted by atomic mass is 10.0. The summed E-state index contributed by atoms with van der Waals surface area (Å²) in [5.74, 6) is -2.28. The standard InChI is InChI=1S/C21H19F2NO4S/c1-13-8-15(11-24(2)21(13)25)17-9-14(12-29(3,26)27)4-6-19(17)28-20-7-5-16(22)10-18(20)23/h4-11H,12H2,1-3H3/i1D3. The Bertz CT molecular complexity index is 1350. The van der Waals surface area contributed by atoms with E-state index in [-0.39, 0.29) is 28.4 Å². The summed E-state index contributed by atoms with van der Waals surface area (Å²) in [7, 11) is -2.02. The van der Waals surface area contributed by atoms with Gasteiger partial charge in [-0.05, 0) is 42.7 Å². The number of aromatic nitrogens is 1. The Morgan fingerprint density at radius 3 is 2.48 bits per heavy atom. The Morgan fingerprint density at radius 1 is 1.10 bits per heavy atom. The van der Waals surface area contributed by atoms with Gasteiger partial charge >= 0.3 is 0 Å². The van der Waals surface area contributed by atoms with Gasteiger partial charge in [0.15, 0.2) is 21.4 Å².